The van der Waals surface area contributed by atoms with Crippen LogP contribution < -0.4 is 0 Å². The van der Waals surface area contributed by atoms with E-state index in [2.05, 4.69) is 0 Å². The molecule has 0 aromatic heterocycles. The first-order valence-electron chi connectivity index (χ1n) is 33.2. The maximum Gasteiger partial charge on any atom is 0.339 e. The molecule has 0 aliphatic rings. The van der Waals surface area contributed by atoms with E-state index in [1.54, 1.807) is 104 Å². The molecule has 13 aromatic carbocycles. The van der Waals surface area contributed by atoms with Gasteiger partial charge in [-0.3, -0.25) is 0 Å². The predicted octanol–water partition coefficient (Wildman–Crippen LogP) is 19.1. The van der Waals surface area contributed by atoms with Crippen molar-refractivity contribution in [3.8, 4) is 0 Å². The maximum atomic E-state index is 14.5. The van der Waals surface area contributed by atoms with Crippen molar-refractivity contribution in [1.29, 1.82) is 0 Å². The minimum absolute atomic E-state index is 0.0128. The van der Waals surface area contributed by atoms with Crippen LogP contribution >= 0.6 is 34.8 Å². The van der Waals surface area contributed by atoms with Gasteiger partial charge in [-0.2, -0.15) is 0 Å². The molecule has 0 spiro atoms. The molecule has 0 fully saturated rings. The van der Waals surface area contributed by atoms with Crippen LogP contribution in [0.2, 0.25) is 0 Å². The van der Waals surface area contributed by atoms with Gasteiger partial charge in [0, 0.05) is 7.11 Å². The highest BCUT2D eigenvalue weighted by atomic mass is 35.6. The van der Waals surface area contributed by atoms with Crippen LogP contribution in [0.25, 0.3) is 129 Å². The molecular formula is C82H69Cl3O17. The Morgan fingerprint density at radius 2 is 0.324 bits per heavy atom. The molecule has 20 heteroatoms. The SMILES string of the molecule is CCOC(=O)c1c(C(=O)OCC)c2ccc3cc2c2cc(ccc12)c1ccc2c(C(=O)OCC)c(C(=O)OCC)c4ccc(cc4c2c1)c1ccc2c(C(=O)OCC)c(C(=O)OCC)c4ccc(cc4c2c1)c1ccc2c(C(=O)OCC)c(C(=O)OCC)c4ccc3cc4c2c1.CO.ClC(Cl)Cl. The number of alkyl halides is 3. The third kappa shape index (κ3) is 13.2. The van der Waals surface area contributed by atoms with E-state index in [9.17, 15) is 38.4 Å². The van der Waals surface area contributed by atoms with Crippen molar-refractivity contribution >= 4 is 212 Å². The number of fused-ring (bicyclic) bond motifs is 12. The molecule has 0 heterocycles. The van der Waals surface area contributed by atoms with Gasteiger partial charge in [0.05, 0.1) is 97.4 Å². The van der Waals surface area contributed by atoms with Gasteiger partial charge >= 0.3 is 47.8 Å². The largest absolute Gasteiger partial charge is 0.462 e. The van der Waals surface area contributed by atoms with E-state index in [0.29, 0.717) is 129 Å². The van der Waals surface area contributed by atoms with Crippen LogP contribution in [0.5, 0.6) is 0 Å². The van der Waals surface area contributed by atoms with Gasteiger partial charge in [0.2, 0.25) is 0 Å². The third-order valence-electron chi connectivity index (χ3n) is 17.6. The lowest BCUT2D eigenvalue weighted by molar-refractivity contribution is 0.0482. The fourth-order valence-corrected chi connectivity index (χ4v) is 13.7. The van der Waals surface area contributed by atoms with Gasteiger partial charge in [-0.25, -0.2) is 38.4 Å². The van der Waals surface area contributed by atoms with Gasteiger partial charge < -0.3 is 43.0 Å². The Morgan fingerprint density at radius 1 is 0.225 bits per heavy atom. The van der Waals surface area contributed by atoms with E-state index in [0.717, 1.165) is 7.11 Å². The minimum atomic E-state index is -0.750. The van der Waals surface area contributed by atoms with Crippen LogP contribution in [0.3, 0.4) is 0 Å². The number of esters is 8. The van der Waals surface area contributed by atoms with Crippen molar-refractivity contribution in [3.05, 3.63) is 190 Å². The van der Waals surface area contributed by atoms with Crippen LogP contribution in [0.1, 0.15) is 138 Å². The van der Waals surface area contributed by atoms with Crippen molar-refractivity contribution in [2.24, 2.45) is 0 Å². The molecule has 0 aliphatic carbocycles. The zero-order chi connectivity index (χ0) is 73.0. The third-order valence-corrected chi connectivity index (χ3v) is 17.6. The highest BCUT2D eigenvalue weighted by Gasteiger charge is 2.32. The molecule has 17 nitrogen and oxygen atoms in total. The van der Waals surface area contributed by atoms with Gasteiger partial charge in [0.15, 0.2) is 4.30 Å². The van der Waals surface area contributed by atoms with E-state index in [-0.39, 0.29) is 97.4 Å². The Bertz CT molecular complexity index is 4680. The summed E-state index contributed by atoms with van der Waals surface area (Å²) in [6, 6.07) is 44.4. The van der Waals surface area contributed by atoms with E-state index in [1.165, 1.54) is 0 Å². The first-order valence-corrected chi connectivity index (χ1v) is 34.5. The predicted molar refractivity (Wildman–Crippen MR) is 402 cm³/mol. The molecule has 13 rings (SSSR count). The van der Waals surface area contributed by atoms with Crippen LogP contribution in [0.15, 0.2) is 146 Å². The number of carbonyl (C=O) groups is 8. The Kier molecular flexibility index (Phi) is 22.1. The number of hydrogen-bond donors (Lipinski definition) is 1. The first kappa shape index (κ1) is 72.6. The molecule has 0 unspecified atom stereocenters. The Balaban J connectivity index is 0.00000168. The lowest BCUT2D eigenvalue weighted by Gasteiger charge is -2.18. The van der Waals surface area contributed by atoms with Crippen LogP contribution in [0.4, 0.5) is 0 Å². The number of halogens is 3. The molecular weight excluding hydrogens is 1360 g/mol. The van der Waals surface area contributed by atoms with Crippen LogP contribution in [-0.2, 0) is 37.9 Å². The number of benzene rings is 12. The Hall–Kier alpha value is -10.7. The maximum absolute atomic E-state index is 14.5. The normalized spacial score (nSPS) is 11.3. The summed E-state index contributed by atoms with van der Waals surface area (Å²) in [5, 5.41) is 20.1. The minimum Gasteiger partial charge on any atom is -0.462 e. The summed E-state index contributed by atoms with van der Waals surface area (Å²) in [6.45, 7) is 13.6. The van der Waals surface area contributed by atoms with Crippen molar-refractivity contribution in [2.45, 2.75) is 59.7 Å². The average molecular weight is 1430 g/mol. The number of hydrogen-bond acceptors (Lipinski definition) is 17. The molecule has 0 radical (unpaired) electrons. The molecule has 13 aromatic rings. The van der Waals surface area contributed by atoms with E-state index >= 15 is 0 Å². The number of aliphatic hydroxyl groups excluding tert-OH is 1. The van der Waals surface area contributed by atoms with Gasteiger partial charge in [-0.1, -0.05) is 132 Å². The average Bonchev–Trinajstić information content (AvgIpc) is 0.833. The van der Waals surface area contributed by atoms with Crippen molar-refractivity contribution in [3.63, 3.8) is 0 Å². The van der Waals surface area contributed by atoms with Crippen molar-refractivity contribution in [1.82, 2.24) is 0 Å². The van der Waals surface area contributed by atoms with Gasteiger partial charge in [0.1, 0.15) is 0 Å². The summed E-state index contributed by atoms with van der Waals surface area (Å²) in [5.41, 5.74) is 0.120. The second-order valence-corrected chi connectivity index (χ2v) is 25.1. The molecule has 102 heavy (non-hydrogen) atoms. The second kappa shape index (κ2) is 31.1. The topological polar surface area (TPSA) is 231 Å². The fourth-order valence-electron chi connectivity index (χ4n) is 13.7. The summed E-state index contributed by atoms with van der Waals surface area (Å²) >= 11 is 14.4. The lowest BCUT2D eigenvalue weighted by atomic mass is 9.87. The molecule has 0 amide bonds. The summed E-state index contributed by atoms with van der Waals surface area (Å²) in [5.74, 6) is -5.85. The molecule has 0 saturated heterocycles. The molecule has 0 saturated carbocycles. The van der Waals surface area contributed by atoms with E-state index in [1.807, 2.05) is 97.1 Å². The highest BCUT2D eigenvalue weighted by Crippen LogP contribution is 2.44. The Labute approximate surface area is 599 Å². The summed E-state index contributed by atoms with van der Waals surface area (Å²) < 4.78 is 45.0. The number of aliphatic hydroxyl groups is 1. The smallest absolute Gasteiger partial charge is 0.339 e. The quantitative estimate of drug-likeness (QED) is 0.0410. The summed E-state index contributed by atoms with van der Waals surface area (Å²) in [7, 11) is 1.00. The number of rotatable bonds is 16. The molecule has 520 valence electrons. The zero-order valence-electron chi connectivity index (χ0n) is 57.2. The number of carbonyl (C=O) groups excluding carboxylic acids is 8. The molecule has 16 bridgehead atoms. The summed E-state index contributed by atoms with van der Waals surface area (Å²) in [6.07, 6.45) is 0. The van der Waals surface area contributed by atoms with E-state index < -0.39 is 52.0 Å². The zero-order valence-corrected chi connectivity index (χ0v) is 59.5. The fraction of sp³-hybridized carbons (Fsp3) is 0.220. The first-order chi connectivity index (χ1) is 49.3. The monoisotopic (exact) mass is 1430 g/mol. The highest BCUT2D eigenvalue weighted by molar-refractivity contribution is 6.63. The summed E-state index contributed by atoms with van der Waals surface area (Å²) in [4.78, 5) is 116. The van der Waals surface area contributed by atoms with Crippen molar-refractivity contribution < 1.29 is 81.4 Å². The number of ether oxygens (including phenoxy) is 8. The van der Waals surface area contributed by atoms with Crippen LogP contribution in [-0.4, -0.2) is 117 Å². The van der Waals surface area contributed by atoms with Crippen LogP contribution in [0, 0.1) is 0 Å². The van der Waals surface area contributed by atoms with Crippen molar-refractivity contribution in [2.75, 3.05) is 60.0 Å². The van der Waals surface area contributed by atoms with E-state index in [4.69, 9.17) is 77.8 Å². The van der Waals surface area contributed by atoms with Gasteiger partial charge in [0.25, 0.3) is 0 Å². The lowest BCUT2D eigenvalue weighted by Crippen LogP contribution is -2.16. The standard InChI is InChI=1S/C80H64O16.CHCl3.CH4O/c1-9-89-73(81)65-49-25-17-41-33-57(49)58-34-42(18-26-50(58)66(65)74(82)90-10-2)44-20-28-52-60(36-44)62-38-46(22-30-54(62)70(78(86)94-14-6)68(52)76(84)92-12-4)48-24-32-56-64(40-48)63-39-47(23-31-55(63)71(79(87)95-15-7)72(56)80(88)96-16-8)45-21-29-53-61(37-45)59-35-43(41)19-27-51(59)67(75(83)91-11-3)69(53)77(85)93-13-5;2-1(3)4;1-2/h17-40H,9-16H2,1-8H3;1H;2H,1H3. The van der Waals surface area contributed by atoms with Gasteiger partial charge in [-0.05, 0) is 233 Å². The van der Waals surface area contributed by atoms with Gasteiger partial charge in [-0.15, -0.1) is 0 Å². The molecule has 0 atom stereocenters. The second-order valence-electron chi connectivity index (χ2n) is 23.1. The molecule has 0 aliphatic heterocycles. The Morgan fingerprint density at radius 3 is 0.412 bits per heavy atom. The molecule has 1 N–H and O–H groups in total.